The SMILES string of the molecule is OCc1ccc2ncc(-c3cccs3)nc2c1. The number of benzene rings is 1. The fraction of sp³-hybridized carbons (Fsp3) is 0.0769. The fourth-order valence-corrected chi connectivity index (χ4v) is 2.38. The molecule has 0 bridgehead atoms. The van der Waals surface area contributed by atoms with Crippen molar-refractivity contribution in [2.24, 2.45) is 0 Å². The molecular weight excluding hydrogens is 232 g/mol. The molecule has 0 aliphatic rings. The molecule has 0 amide bonds. The van der Waals surface area contributed by atoms with E-state index in [0.717, 1.165) is 27.2 Å². The van der Waals surface area contributed by atoms with Gasteiger partial charge in [0.05, 0.1) is 34.4 Å². The number of thiophene rings is 1. The van der Waals surface area contributed by atoms with E-state index < -0.39 is 0 Å². The predicted molar refractivity (Wildman–Crippen MR) is 68.8 cm³/mol. The van der Waals surface area contributed by atoms with Crippen LogP contribution in [0.5, 0.6) is 0 Å². The minimum absolute atomic E-state index is 0.0286. The first-order valence-electron chi connectivity index (χ1n) is 5.27. The number of aromatic nitrogens is 2. The fourth-order valence-electron chi connectivity index (χ4n) is 1.70. The van der Waals surface area contributed by atoms with Crippen LogP contribution in [0.15, 0.2) is 41.9 Å². The molecule has 0 aliphatic heterocycles. The highest BCUT2D eigenvalue weighted by Crippen LogP contribution is 2.23. The molecule has 3 nitrogen and oxygen atoms in total. The summed E-state index contributed by atoms with van der Waals surface area (Å²) in [6.07, 6.45) is 1.78. The van der Waals surface area contributed by atoms with Gasteiger partial charge >= 0.3 is 0 Å². The third-order valence-corrected chi connectivity index (χ3v) is 3.46. The largest absolute Gasteiger partial charge is 0.392 e. The lowest BCUT2D eigenvalue weighted by Crippen LogP contribution is -1.89. The third kappa shape index (κ3) is 1.92. The van der Waals surface area contributed by atoms with Crippen LogP contribution in [0, 0.1) is 0 Å². The average Bonchev–Trinajstić information content (AvgIpc) is 2.91. The average molecular weight is 242 g/mol. The summed E-state index contributed by atoms with van der Waals surface area (Å²) < 4.78 is 0. The smallest absolute Gasteiger partial charge is 0.0992 e. The normalized spacial score (nSPS) is 10.9. The zero-order valence-corrected chi connectivity index (χ0v) is 9.81. The van der Waals surface area contributed by atoms with E-state index in [1.165, 1.54) is 0 Å². The van der Waals surface area contributed by atoms with E-state index in [0.29, 0.717) is 0 Å². The summed E-state index contributed by atoms with van der Waals surface area (Å²) in [6.45, 7) is 0.0286. The van der Waals surface area contributed by atoms with E-state index in [9.17, 15) is 0 Å². The molecule has 1 N–H and O–H groups in total. The van der Waals surface area contributed by atoms with Crippen LogP contribution in [0.4, 0.5) is 0 Å². The molecule has 0 unspecified atom stereocenters. The van der Waals surface area contributed by atoms with Gasteiger partial charge in [-0.15, -0.1) is 11.3 Å². The number of aliphatic hydroxyl groups is 1. The van der Waals surface area contributed by atoms with Crippen molar-refractivity contribution in [3.63, 3.8) is 0 Å². The molecular formula is C13H10N2OS. The van der Waals surface area contributed by atoms with E-state index in [-0.39, 0.29) is 6.61 Å². The lowest BCUT2D eigenvalue weighted by molar-refractivity contribution is 0.282. The van der Waals surface area contributed by atoms with Gasteiger partial charge in [-0.05, 0) is 29.1 Å². The summed E-state index contributed by atoms with van der Waals surface area (Å²) in [5.41, 5.74) is 3.41. The van der Waals surface area contributed by atoms with Crippen molar-refractivity contribution in [3.8, 4) is 10.6 Å². The summed E-state index contributed by atoms with van der Waals surface area (Å²) in [4.78, 5) is 10.0. The second kappa shape index (κ2) is 4.24. The first kappa shape index (κ1) is 10.4. The van der Waals surface area contributed by atoms with Crippen molar-refractivity contribution >= 4 is 22.4 Å². The molecule has 0 fully saturated rings. The molecule has 84 valence electrons. The molecule has 0 aliphatic carbocycles. The Balaban J connectivity index is 2.17. The number of hydrogen-bond donors (Lipinski definition) is 1. The maximum absolute atomic E-state index is 9.10. The Labute approximate surface area is 102 Å². The van der Waals surface area contributed by atoms with Gasteiger partial charge in [-0.25, -0.2) is 4.98 Å². The molecule has 4 heteroatoms. The quantitative estimate of drug-likeness (QED) is 0.751. The number of fused-ring (bicyclic) bond motifs is 1. The minimum Gasteiger partial charge on any atom is -0.392 e. The van der Waals surface area contributed by atoms with Crippen LogP contribution >= 0.6 is 11.3 Å². The Morgan fingerprint density at radius 1 is 1.18 bits per heavy atom. The second-order valence-electron chi connectivity index (χ2n) is 3.71. The van der Waals surface area contributed by atoms with E-state index >= 15 is 0 Å². The molecule has 3 rings (SSSR count). The van der Waals surface area contributed by atoms with Crippen molar-refractivity contribution in [1.29, 1.82) is 0 Å². The van der Waals surface area contributed by atoms with E-state index in [2.05, 4.69) is 9.97 Å². The maximum Gasteiger partial charge on any atom is 0.0992 e. The van der Waals surface area contributed by atoms with Crippen LogP contribution in [-0.4, -0.2) is 15.1 Å². The first-order chi connectivity index (χ1) is 8.36. The third-order valence-electron chi connectivity index (χ3n) is 2.56. The standard InChI is InChI=1S/C13H10N2OS/c16-8-9-3-4-10-11(6-9)15-12(7-14-10)13-2-1-5-17-13/h1-7,16H,8H2. The summed E-state index contributed by atoms with van der Waals surface area (Å²) >= 11 is 1.64. The topological polar surface area (TPSA) is 46.0 Å². The summed E-state index contributed by atoms with van der Waals surface area (Å²) in [7, 11) is 0. The molecule has 2 heterocycles. The predicted octanol–water partition coefficient (Wildman–Crippen LogP) is 2.85. The van der Waals surface area contributed by atoms with Gasteiger partial charge in [0.1, 0.15) is 0 Å². The van der Waals surface area contributed by atoms with Crippen LogP contribution in [0.25, 0.3) is 21.6 Å². The number of hydrogen-bond acceptors (Lipinski definition) is 4. The minimum atomic E-state index is 0.0286. The Bertz CT molecular complexity index is 650. The lowest BCUT2D eigenvalue weighted by Gasteiger charge is -2.02. The summed E-state index contributed by atoms with van der Waals surface area (Å²) in [5, 5.41) is 11.1. The van der Waals surface area contributed by atoms with Crippen molar-refractivity contribution in [3.05, 3.63) is 47.5 Å². The van der Waals surface area contributed by atoms with Gasteiger partial charge in [0.15, 0.2) is 0 Å². The molecule has 1 aromatic carbocycles. The lowest BCUT2D eigenvalue weighted by atomic mass is 10.2. The van der Waals surface area contributed by atoms with E-state index in [4.69, 9.17) is 5.11 Å². The van der Waals surface area contributed by atoms with Crippen molar-refractivity contribution < 1.29 is 5.11 Å². The zero-order valence-electron chi connectivity index (χ0n) is 9.00. The zero-order chi connectivity index (χ0) is 11.7. The number of nitrogens with zero attached hydrogens (tertiary/aromatic N) is 2. The first-order valence-corrected chi connectivity index (χ1v) is 6.15. The van der Waals surface area contributed by atoms with Gasteiger partial charge in [-0.2, -0.15) is 0 Å². The van der Waals surface area contributed by atoms with Crippen molar-refractivity contribution in [2.75, 3.05) is 0 Å². The molecule has 17 heavy (non-hydrogen) atoms. The number of rotatable bonds is 2. The van der Waals surface area contributed by atoms with Gasteiger partial charge in [-0.1, -0.05) is 12.1 Å². The molecule has 3 aromatic rings. The van der Waals surface area contributed by atoms with E-state index in [1.54, 1.807) is 17.5 Å². The van der Waals surface area contributed by atoms with Crippen molar-refractivity contribution in [1.82, 2.24) is 9.97 Å². The Morgan fingerprint density at radius 2 is 2.12 bits per heavy atom. The Hall–Kier alpha value is -1.78. The monoisotopic (exact) mass is 242 g/mol. The molecule has 0 radical (unpaired) electrons. The maximum atomic E-state index is 9.10. The van der Waals surface area contributed by atoms with Crippen LogP contribution in [0.3, 0.4) is 0 Å². The van der Waals surface area contributed by atoms with Crippen LogP contribution in [-0.2, 0) is 6.61 Å². The van der Waals surface area contributed by atoms with E-state index in [1.807, 2.05) is 35.7 Å². The van der Waals surface area contributed by atoms with Crippen molar-refractivity contribution in [2.45, 2.75) is 6.61 Å². The summed E-state index contributed by atoms with van der Waals surface area (Å²) in [5.74, 6) is 0. The highest BCUT2D eigenvalue weighted by Gasteiger charge is 2.04. The highest BCUT2D eigenvalue weighted by atomic mass is 32.1. The molecule has 2 aromatic heterocycles. The molecule has 0 spiro atoms. The van der Waals surface area contributed by atoms with Crippen LogP contribution in [0.1, 0.15) is 5.56 Å². The highest BCUT2D eigenvalue weighted by molar-refractivity contribution is 7.13. The number of aliphatic hydroxyl groups excluding tert-OH is 1. The molecule has 0 saturated heterocycles. The van der Waals surface area contributed by atoms with Gasteiger partial charge in [0, 0.05) is 0 Å². The Kier molecular flexibility index (Phi) is 2.59. The van der Waals surface area contributed by atoms with Crippen LogP contribution in [0.2, 0.25) is 0 Å². The molecule has 0 atom stereocenters. The van der Waals surface area contributed by atoms with Gasteiger partial charge in [0.25, 0.3) is 0 Å². The van der Waals surface area contributed by atoms with Gasteiger partial charge in [-0.3, -0.25) is 4.98 Å². The second-order valence-corrected chi connectivity index (χ2v) is 4.66. The van der Waals surface area contributed by atoms with Gasteiger partial charge < -0.3 is 5.11 Å². The molecule has 0 saturated carbocycles. The van der Waals surface area contributed by atoms with Gasteiger partial charge in [0.2, 0.25) is 0 Å². The van der Waals surface area contributed by atoms with Crippen LogP contribution < -0.4 is 0 Å². The Morgan fingerprint density at radius 3 is 2.88 bits per heavy atom. The summed E-state index contributed by atoms with van der Waals surface area (Å²) in [6, 6.07) is 9.64.